The van der Waals surface area contributed by atoms with Crippen molar-refractivity contribution in [2.75, 3.05) is 12.5 Å². The Morgan fingerprint density at radius 1 is 1.00 bits per heavy atom. The summed E-state index contributed by atoms with van der Waals surface area (Å²) >= 11 is 1.000. The predicted octanol–water partition coefficient (Wildman–Crippen LogP) is -0.0963. The molecular formula is C3H8O3S2+2. The molecule has 0 aromatic rings. The molecule has 0 fully saturated rings. The first kappa shape index (κ1) is 15.6. The second-order valence-corrected chi connectivity index (χ2v) is 1.00. The minimum absolute atomic E-state index is 0.500. The van der Waals surface area contributed by atoms with Gasteiger partial charge in [0.15, 0.2) is 0 Å². The molecule has 0 aromatic carbocycles. The highest BCUT2D eigenvalue weighted by molar-refractivity contribution is 7.64. The summed E-state index contributed by atoms with van der Waals surface area (Å²) in [6.07, 6.45) is 2.97. The van der Waals surface area contributed by atoms with Gasteiger partial charge in [-0.1, -0.05) is 0 Å². The molecule has 3 nitrogen and oxygen atoms in total. The molecule has 8 heavy (non-hydrogen) atoms. The van der Waals surface area contributed by atoms with Crippen molar-refractivity contribution in [1.29, 1.82) is 0 Å². The molecule has 0 radical (unpaired) electrons. The van der Waals surface area contributed by atoms with Crippen LogP contribution < -0.4 is 0 Å². The van der Waals surface area contributed by atoms with Gasteiger partial charge in [-0.25, -0.2) is 0 Å². The third-order valence-corrected chi connectivity index (χ3v) is 0. The van der Waals surface area contributed by atoms with Crippen molar-refractivity contribution in [3.63, 3.8) is 0 Å². The van der Waals surface area contributed by atoms with Crippen molar-refractivity contribution < 1.29 is 13.2 Å². The molecule has 0 amide bonds. The van der Waals surface area contributed by atoms with E-state index in [0.717, 1.165) is 0 Å². The first-order chi connectivity index (χ1) is 3.83. The van der Waals surface area contributed by atoms with Crippen LogP contribution in [-0.2, 0) is 36.5 Å². The second-order valence-electron chi connectivity index (χ2n) is 0.333. The summed E-state index contributed by atoms with van der Waals surface area (Å²) in [4.78, 5) is 8.00. The van der Waals surface area contributed by atoms with Gasteiger partial charge in [-0.05, 0) is 0 Å². The van der Waals surface area contributed by atoms with Crippen LogP contribution in [0.2, 0.25) is 0 Å². The molecule has 0 aliphatic heterocycles. The van der Waals surface area contributed by atoms with E-state index >= 15 is 0 Å². The Labute approximate surface area is 56.5 Å². The summed E-state index contributed by atoms with van der Waals surface area (Å²) in [5.41, 5.74) is 0. The van der Waals surface area contributed by atoms with E-state index in [2.05, 4.69) is 0 Å². The average molecular weight is 156 g/mol. The van der Waals surface area contributed by atoms with Gasteiger partial charge in [0.2, 0.25) is 12.5 Å². The molecule has 0 atom stereocenters. The van der Waals surface area contributed by atoms with Gasteiger partial charge in [0.25, 0.3) is 0 Å². The highest BCUT2D eigenvalue weighted by Crippen LogP contribution is 1.14. The minimum atomic E-state index is 0.500. The zero-order valence-electron chi connectivity index (χ0n) is 4.75. The smallest absolute Gasteiger partial charge is 0.307 e. The highest BCUT2D eigenvalue weighted by atomic mass is 32.1. The molecule has 0 heterocycles. The van der Waals surface area contributed by atoms with Crippen LogP contribution in [0.3, 0.4) is 0 Å². The number of carbonyl (C=O) groups is 1. The van der Waals surface area contributed by atoms with Crippen LogP contribution in [0.25, 0.3) is 0 Å². The topological polar surface area (TPSA) is 51.2 Å². The Hall–Kier alpha value is -0.290. The van der Waals surface area contributed by atoms with Gasteiger partial charge in [-0.15, -0.1) is 0 Å². The molecule has 0 aromatic heterocycles. The van der Waals surface area contributed by atoms with Crippen LogP contribution in [0.15, 0.2) is 0 Å². The van der Waals surface area contributed by atoms with E-state index in [0.29, 0.717) is 23.3 Å². The third-order valence-electron chi connectivity index (χ3n) is 0. The zero-order valence-corrected chi connectivity index (χ0v) is 6.38. The van der Waals surface area contributed by atoms with Gasteiger partial charge in [0.05, 0.1) is 0 Å². The molecule has 0 saturated carbocycles. The molecule has 0 spiro atoms. The summed E-state index contributed by atoms with van der Waals surface area (Å²) in [5.74, 6) is 0. The van der Waals surface area contributed by atoms with E-state index in [4.69, 9.17) is 13.2 Å². The number of hydrogen-bond acceptors (Lipinski definition) is 3. The predicted molar refractivity (Wildman–Crippen MR) is 35.1 cm³/mol. The maximum atomic E-state index is 8.85. The summed E-state index contributed by atoms with van der Waals surface area (Å²) < 4.78 is 17.7. The molecule has 0 saturated heterocycles. The van der Waals surface area contributed by atoms with Crippen molar-refractivity contribution in [3.05, 3.63) is 0 Å². The highest BCUT2D eigenvalue weighted by Gasteiger charge is 1.55. The fourth-order valence-electron chi connectivity index (χ4n) is 0. The van der Waals surface area contributed by atoms with Crippen LogP contribution in [-0.4, -0.2) is 19.3 Å². The molecule has 0 aliphatic carbocycles. The Bertz CT molecular complexity index is 41.8. The number of carbonyl (C=O) groups excluding carboxylic acids is 1. The van der Waals surface area contributed by atoms with Crippen LogP contribution in [0.5, 0.6) is 0 Å². The molecule has 0 bridgehead atoms. The number of hydrogen-bond donors (Lipinski definition) is 0. The lowest BCUT2D eigenvalue weighted by Crippen LogP contribution is -1.32. The van der Waals surface area contributed by atoms with Gasteiger partial charge >= 0.3 is 23.3 Å². The Morgan fingerprint density at radius 3 is 1.00 bits per heavy atom. The normalized spacial score (nSPS) is 3.75. The summed E-state index contributed by atoms with van der Waals surface area (Å²) in [6, 6.07) is 0. The Kier molecular flexibility index (Phi) is 146. The number of rotatable bonds is 0. The fourth-order valence-corrected chi connectivity index (χ4v) is 0. The van der Waals surface area contributed by atoms with Crippen molar-refractivity contribution in [2.45, 2.75) is 0 Å². The third kappa shape index (κ3) is 1510. The van der Waals surface area contributed by atoms with Gasteiger partial charge < -0.3 is 4.79 Å². The molecule has 5 heteroatoms. The SMILES string of the molecule is C=O.C[S+]=O.C[S+]=O. The molecule has 0 N–H and O–H groups in total. The zero-order chi connectivity index (χ0) is 7.41. The van der Waals surface area contributed by atoms with Crippen LogP contribution in [0.4, 0.5) is 0 Å². The maximum Gasteiger partial charge on any atom is 0.455 e. The van der Waals surface area contributed by atoms with Crippen LogP contribution in [0, 0.1) is 0 Å². The van der Waals surface area contributed by atoms with Gasteiger partial charge in [0, 0.05) is 8.42 Å². The van der Waals surface area contributed by atoms with Crippen molar-refractivity contribution >= 4 is 30.1 Å². The molecule has 0 unspecified atom stereocenters. The molecule has 48 valence electrons. The maximum absolute atomic E-state index is 8.85. The standard InChI is InChI=1S/2CH3OS.CH2O/c2*1-3-2;1-2/h2*1H3;1H2/q2*+1;. The Balaban J connectivity index is -0.0000000483. The van der Waals surface area contributed by atoms with Gasteiger partial charge in [-0.3, -0.25) is 0 Å². The summed E-state index contributed by atoms with van der Waals surface area (Å²) in [6.45, 7) is 2.00. The van der Waals surface area contributed by atoms with Crippen LogP contribution >= 0.6 is 0 Å². The minimum Gasteiger partial charge on any atom is -0.307 e. The second kappa shape index (κ2) is 74.8. The lowest BCUT2D eigenvalue weighted by Gasteiger charge is -0.931. The van der Waals surface area contributed by atoms with E-state index in [-0.39, 0.29) is 0 Å². The first-order valence-electron chi connectivity index (χ1n) is 1.44. The van der Waals surface area contributed by atoms with E-state index in [1.54, 1.807) is 0 Å². The molecule has 0 rings (SSSR count). The van der Waals surface area contributed by atoms with E-state index < -0.39 is 0 Å². The Morgan fingerprint density at radius 2 is 1.00 bits per heavy atom. The van der Waals surface area contributed by atoms with Crippen molar-refractivity contribution in [1.82, 2.24) is 0 Å². The summed E-state index contributed by atoms with van der Waals surface area (Å²) in [5, 5.41) is 0. The lowest BCUT2D eigenvalue weighted by molar-refractivity contribution is -0.0979. The van der Waals surface area contributed by atoms with Gasteiger partial charge in [-0.2, -0.15) is 0 Å². The average Bonchev–Trinajstić information content (AvgIpc) is 1.75. The van der Waals surface area contributed by atoms with Gasteiger partial charge in [0.1, 0.15) is 6.79 Å². The fraction of sp³-hybridized carbons (Fsp3) is 0.667. The lowest BCUT2D eigenvalue weighted by atomic mass is 11.9. The molecular weight excluding hydrogens is 148 g/mol. The van der Waals surface area contributed by atoms with Crippen molar-refractivity contribution in [2.24, 2.45) is 0 Å². The van der Waals surface area contributed by atoms with E-state index in [1.807, 2.05) is 6.79 Å². The first-order valence-corrected chi connectivity index (χ1v) is 3.74. The molecule has 0 aliphatic rings. The van der Waals surface area contributed by atoms with Crippen molar-refractivity contribution in [3.8, 4) is 0 Å². The van der Waals surface area contributed by atoms with Crippen LogP contribution in [0.1, 0.15) is 0 Å². The van der Waals surface area contributed by atoms with E-state index in [1.165, 1.54) is 12.5 Å². The monoisotopic (exact) mass is 156 g/mol. The summed E-state index contributed by atoms with van der Waals surface area (Å²) in [7, 11) is 0. The van der Waals surface area contributed by atoms with E-state index in [9.17, 15) is 0 Å². The quantitative estimate of drug-likeness (QED) is 0.460. The largest absolute Gasteiger partial charge is 0.455 e.